The smallest absolute Gasteiger partial charge is 0.155 e. The molecule has 0 radical (unpaired) electrons. The van der Waals surface area contributed by atoms with Gasteiger partial charge in [0.1, 0.15) is 0 Å². The number of carbonyl (C=O) groups excluding carboxylic acids is 1. The second kappa shape index (κ2) is 9.50. The molecule has 0 bridgehead atoms. The van der Waals surface area contributed by atoms with E-state index in [1.165, 1.54) is 0 Å². The van der Waals surface area contributed by atoms with Crippen LogP contribution in [0.5, 0.6) is 0 Å². The first-order valence-corrected chi connectivity index (χ1v) is 5.42. The Balaban J connectivity index is 0. The summed E-state index contributed by atoms with van der Waals surface area (Å²) in [7, 11) is 0. The van der Waals surface area contributed by atoms with Gasteiger partial charge in [-0.15, -0.1) is 0 Å². The highest BCUT2D eigenvalue weighted by Gasteiger charge is 2.13. The van der Waals surface area contributed by atoms with E-state index in [1.807, 2.05) is 27.7 Å². The average molecular weight is 184 g/mol. The van der Waals surface area contributed by atoms with Crippen LogP contribution in [0.2, 0.25) is 0 Å². The Bertz CT molecular complexity index is 157. The average Bonchev–Trinajstić information content (AvgIpc) is 2.59. The van der Waals surface area contributed by atoms with Gasteiger partial charge in [0.05, 0.1) is 0 Å². The van der Waals surface area contributed by atoms with E-state index in [1.54, 1.807) is 6.92 Å². The van der Waals surface area contributed by atoms with Crippen LogP contribution in [0.25, 0.3) is 0 Å². The summed E-state index contributed by atoms with van der Waals surface area (Å²) in [6.07, 6.45) is 4.24. The molecule has 0 aromatic carbocycles. The van der Waals surface area contributed by atoms with E-state index >= 15 is 0 Å². The second-order valence-electron chi connectivity index (χ2n) is 2.76. The molecule has 1 rings (SSSR count). The van der Waals surface area contributed by atoms with Crippen LogP contribution >= 0.6 is 0 Å². The van der Waals surface area contributed by atoms with Crippen molar-refractivity contribution in [1.82, 2.24) is 0 Å². The molecule has 0 N–H and O–H groups in total. The molecule has 1 aliphatic carbocycles. The van der Waals surface area contributed by atoms with E-state index in [2.05, 4.69) is 13.0 Å². The van der Waals surface area contributed by atoms with Crippen LogP contribution in [0.3, 0.4) is 0 Å². The number of allylic oxidation sites excluding steroid dienone is 2. The normalized spacial score (nSPS) is 18.9. The molecule has 0 spiro atoms. The summed E-state index contributed by atoms with van der Waals surface area (Å²) in [5.41, 5.74) is 1.03. The molecule has 1 aliphatic rings. The monoisotopic (exact) mass is 184 g/mol. The molecule has 0 saturated carbocycles. The number of hydrogen-bond acceptors (Lipinski definition) is 1. The van der Waals surface area contributed by atoms with Gasteiger partial charge in [0.2, 0.25) is 0 Å². The fourth-order valence-electron chi connectivity index (χ4n) is 1.19. The highest BCUT2D eigenvalue weighted by molar-refractivity contribution is 5.93. The van der Waals surface area contributed by atoms with Crippen molar-refractivity contribution in [1.29, 1.82) is 0 Å². The van der Waals surface area contributed by atoms with Gasteiger partial charge in [-0.05, 0) is 31.3 Å². The third-order valence-corrected chi connectivity index (χ3v) is 1.81. The molecule has 0 saturated heterocycles. The summed E-state index contributed by atoms with van der Waals surface area (Å²) in [5, 5.41) is 0. The molecule has 78 valence electrons. The molecule has 0 aromatic heterocycles. The van der Waals surface area contributed by atoms with Crippen LogP contribution in [-0.2, 0) is 4.79 Å². The van der Waals surface area contributed by atoms with Crippen LogP contribution < -0.4 is 0 Å². The second-order valence-corrected chi connectivity index (χ2v) is 2.76. The molecule has 1 nitrogen and oxygen atoms in total. The number of hydrogen-bond donors (Lipinski definition) is 0. The molecule has 1 atom stereocenters. The maximum atomic E-state index is 10.7. The predicted octanol–water partition coefficient (Wildman–Crippen LogP) is 3.98. The Labute approximate surface area is 83.2 Å². The van der Waals surface area contributed by atoms with Gasteiger partial charge in [0.25, 0.3) is 0 Å². The SMILES string of the molecule is CC.CC.CC(=O)C1=CC(C)CC1. The van der Waals surface area contributed by atoms with Gasteiger partial charge < -0.3 is 0 Å². The number of rotatable bonds is 1. The summed E-state index contributed by atoms with van der Waals surface area (Å²) in [5.74, 6) is 0.878. The van der Waals surface area contributed by atoms with Gasteiger partial charge in [0.15, 0.2) is 5.78 Å². The Hall–Kier alpha value is -0.590. The Morgan fingerprint density at radius 2 is 1.77 bits per heavy atom. The lowest BCUT2D eigenvalue weighted by atomic mass is 10.2. The summed E-state index contributed by atoms with van der Waals surface area (Å²) >= 11 is 0. The van der Waals surface area contributed by atoms with E-state index in [9.17, 15) is 4.79 Å². The molecular weight excluding hydrogens is 160 g/mol. The first-order valence-electron chi connectivity index (χ1n) is 5.42. The van der Waals surface area contributed by atoms with Crippen molar-refractivity contribution in [2.24, 2.45) is 5.92 Å². The van der Waals surface area contributed by atoms with Gasteiger partial charge in [-0.25, -0.2) is 0 Å². The standard InChI is InChI=1S/C8H12O.2C2H6/c1-6-3-4-8(5-6)7(2)9;2*1-2/h5-6H,3-4H2,1-2H3;2*1-2H3. The fraction of sp³-hybridized carbons (Fsp3) is 0.750. The minimum atomic E-state index is 0.249. The van der Waals surface area contributed by atoms with Crippen molar-refractivity contribution in [2.45, 2.75) is 54.4 Å². The zero-order chi connectivity index (χ0) is 10.9. The van der Waals surface area contributed by atoms with Crippen LogP contribution in [0.1, 0.15) is 54.4 Å². The molecule has 0 aromatic rings. The van der Waals surface area contributed by atoms with Gasteiger partial charge >= 0.3 is 0 Å². The molecule has 13 heavy (non-hydrogen) atoms. The zero-order valence-corrected chi connectivity index (χ0v) is 9.98. The minimum absolute atomic E-state index is 0.249. The summed E-state index contributed by atoms with van der Waals surface area (Å²) in [6.45, 7) is 11.8. The van der Waals surface area contributed by atoms with Gasteiger partial charge in [-0.3, -0.25) is 4.79 Å². The number of Topliss-reactive ketones (excluding diaryl/α,β-unsaturated/α-hetero) is 1. The van der Waals surface area contributed by atoms with E-state index in [0.717, 1.165) is 18.4 Å². The van der Waals surface area contributed by atoms with Crippen LogP contribution in [0.4, 0.5) is 0 Å². The molecule has 0 fully saturated rings. The van der Waals surface area contributed by atoms with Crippen LogP contribution in [0.15, 0.2) is 11.6 Å². The van der Waals surface area contributed by atoms with Crippen LogP contribution in [0, 0.1) is 5.92 Å². The zero-order valence-electron chi connectivity index (χ0n) is 9.98. The Morgan fingerprint density at radius 3 is 1.92 bits per heavy atom. The van der Waals surface area contributed by atoms with E-state index in [4.69, 9.17) is 0 Å². The van der Waals surface area contributed by atoms with Gasteiger partial charge in [-0.1, -0.05) is 40.7 Å². The van der Waals surface area contributed by atoms with Crippen molar-refractivity contribution >= 4 is 5.78 Å². The first-order chi connectivity index (χ1) is 6.20. The maximum Gasteiger partial charge on any atom is 0.155 e. The number of ketones is 1. The predicted molar refractivity (Wildman–Crippen MR) is 59.9 cm³/mol. The van der Waals surface area contributed by atoms with Crippen molar-refractivity contribution in [3.63, 3.8) is 0 Å². The third-order valence-electron chi connectivity index (χ3n) is 1.81. The largest absolute Gasteiger partial charge is 0.295 e. The molecular formula is C12H24O. The lowest BCUT2D eigenvalue weighted by molar-refractivity contribution is -0.113. The van der Waals surface area contributed by atoms with Crippen molar-refractivity contribution in [3.8, 4) is 0 Å². The molecule has 1 heteroatoms. The highest BCUT2D eigenvalue weighted by atomic mass is 16.1. The van der Waals surface area contributed by atoms with Crippen LogP contribution in [-0.4, -0.2) is 5.78 Å². The Kier molecular flexibility index (Phi) is 10.9. The quantitative estimate of drug-likeness (QED) is 0.602. The highest BCUT2D eigenvalue weighted by Crippen LogP contribution is 2.23. The summed E-state index contributed by atoms with van der Waals surface area (Å²) in [4.78, 5) is 10.7. The maximum absolute atomic E-state index is 10.7. The van der Waals surface area contributed by atoms with Crippen molar-refractivity contribution < 1.29 is 4.79 Å². The van der Waals surface area contributed by atoms with Crippen molar-refractivity contribution in [2.75, 3.05) is 0 Å². The first kappa shape index (κ1) is 14.9. The van der Waals surface area contributed by atoms with E-state index in [0.29, 0.717) is 5.92 Å². The van der Waals surface area contributed by atoms with Crippen molar-refractivity contribution in [3.05, 3.63) is 11.6 Å². The topological polar surface area (TPSA) is 17.1 Å². The fourth-order valence-corrected chi connectivity index (χ4v) is 1.19. The summed E-state index contributed by atoms with van der Waals surface area (Å²) < 4.78 is 0. The third kappa shape index (κ3) is 6.56. The lowest BCUT2D eigenvalue weighted by Crippen LogP contribution is -1.90. The molecule has 0 aliphatic heterocycles. The van der Waals surface area contributed by atoms with Gasteiger partial charge in [-0.2, -0.15) is 0 Å². The Morgan fingerprint density at radius 1 is 1.31 bits per heavy atom. The molecule has 1 unspecified atom stereocenters. The molecule has 0 heterocycles. The van der Waals surface area contributed by atoms with E-state index < -0.39 is 0 Å². The number of carbonyl (C=O) groups is 1. The van der Waals surface area contributed by atoms with E-state index in [-0.39, 0.29) is 5.78 Å². The van der Waals surface area contributed by atoms with Gasteiger partial charge in [0, 0.05) is 0 Å². The summed E-state index contributed by atoms with van der Waals surface area (Å²) in [6, 6.07) is 0. The minimum Gasteiger partial charge on any atom is -0.295 e. The lowest BCUT2D eigenvalue weighted by Gasteiger charge is -1.89. The molecule has 0 amide bonds.